The lowest BCUT2D eigenvalue weighted by molar-refractivity contribution is -0.115. The minimum Gasteiger partial charge on any atom is -0.317 e. The molecule has 24 heavy (non-hydrogen) atoms. The molecule has 1 amide bonds. The van der Waals surface area contributed by atoms with Gasteiger partial charge in [-0.1, -0.05) is 12.1 Å². The zero-order valence-electron chi connectivity index (χ0n) is 13.5. The number of piperidine rings is 1. The second-order valence-corrected chi connectivity index (χ2v) is 5.79. The summed E-state index contributed by atoms with van der Waals surface area (Å²) in [6, 6.07) is 5.90. The van der Waals surface area contributed by atoms with Crippen LogP contribution in [0.15, 0.2) is 24.3 Å². The quantitative estimate of drug-likeness (QED) is 0.882. The summed E-state index contributed by atoms with van der Waals surface area (Å²) in [5.74, 6) is 1.07. The van der Waals surface area contributed by atoms with Crippen LogP contribution in [0.5, 0.6) is 0 Å². The van der Waals surface area contributed by atoms with Crippen LogP contribution < -0.4 is 10.6 Å². The van der Waals surface area contributed by atoms with Crippen molar-refractivity contribution in [3.63, 3.8) is 0 Å². The largest absolute Gasteiger partial charge is 0.317 e. The first-order chi connectivity index (χ1) is 11.1. The summed E-state index contributed by atoms with van der Waals surface area (Å²) in [6.45, 7) is 1.93. The molecule has 1 aromatic heterocycles. The molecule has 2 N–H and O–H groups in total. The predicted molar refractivity (Wildman–Crippen MR) is 91.8 cm³/mol. The Hall–Kier alpha value is -1.99. The molecule has 3 rings (SSSR count). The molecule has 2 aromatic rings. The van der Waals surface area contributed by atoms with Crippen LogP contribution in [-0.4, -0.2) is 33.8 Å². The first kappa shape index (κ1) is 18.4. The Labute approximate surface area is 146 Å². The van der Waals surface area contributed by atoms with Crippen LogP contribution in [0, 0.1) is 5.82 Å². The molecule has 0 radical (unpaired) electrons. The lowest BCUT2D eigenvalue weighted by atomic mass is 9.98. The fourth-order valence-corrected chi connectivity index (χ4v) is 2.72. The highest BCUT2D eigenvalue weighted by Gasteiger charge is 2.21. The zero-order chi connectivity index (χ0) is 16.2. The van der Waals surface area contributed by atoms with Crippen molar-refractivity contribution < 1.29 is 9.18 Å². The van der Waals surface area contributed by atoms with Crippen LogP contribution in [0.4, 0.5) is 10.3 Å². The van der Waals surface area contributed by atoms with E-state index in [0.29, 0.717) is 11.9 Å². The van der Waals surface area contributed by atoms with Gasteiger partial charge in [-0.2, -0.15) is 10.1 Å². The van der Waals surface area contributed by atoms with Crippen molar-refractivity contribution in [2.45, 2.75) is 25.2 Å². The number of amides is 1. The predicted octanol–water partition coefficient (Wildman–Crippen LogP) is 2.02. The minimum absolute atomic E-state index is 0. The Balaban J connectivity index is 0.00000208. The molecule has 1 saturated heterocycles. The maximum absolute atomic E-state index is 12.9. The summed E-state index contributed by atoms with van der Waals surface area (Å²) in [6.07, 6.45) is 2.19. The lowest BCUT2D eigenvalue weighted by Gasteiger charge is -2.19. The topological polar surface area (TPSA) is 71.8 Å². The Morgan fingerprint density at radius 2 is 2.00 bits per heavy atom. The average molecular weight is 354 g/mol. The second-order valence-electron chi connectivity index (χ2n) is 5.79. The first-order valence-corrected chi connectivity index (χ1v) is 7.78. The van der Waals surface area contributed by atoms with Gasteiger partial charge in [-0.25, -0.2) is 9.07 Å². The van der Waals surface area contributed by atoms with Crippen molar-refractivity contribution in [2.75, 3.05) is 18.4 Å². The first-order valence-electron chi connectivity index (χ1n) is 7.78. The van der Waals surface area contributed by atoms with Crippen LogP contribution in [0.25, 0.3) is 0 Å². The van der Waals surface area contributed by atoms with E-state index in [1.54, 1.807) is 23.9 Å². The van der Waals surface area contributed by atoms with E-state index in [1.807, 2.05) is 0 Å². The van der Waals surface area contributed by atoms with Gasteiger partial charge in [-0.3, -0.25) is 10.1 Å². The summed E-state index contributed by atoms with van der Waals surface area (Å²) in [5.41, 5.74) is 0.754. The van der Waals surface area contributed by atoms with Crippen LogP contribution in [0.1, 0.15) is 30.1 Å². The molecule has 1 fully saturated rings. The fourth-order valence-electron chi connectivity index (χ4n) is 2.72. The molecular formula is C16H21ClFN5O. The van der Waals surface area contributed by atoms with Gasteiger partial charge in [0, 0.05) is 13.0 Å². The van der Waals surface area contributed by atoms with Crippen molar-refractivity contribution in [3.05, 3.63) is 41.5 Å². The third-order valence-electron chi connectivity index (χ3n) is 4.01. The molecule has 0 atom stereocenters. The lowest BCUT2D eigenvalue weighted by Crippen LogP contribution is -2.27. The van der Waals surface area contributed by atoms with Gasteiger partial charge in [0.25, 0.3) is 0 Å². The van der Waals surface area contributed by atoms with Gasteiger partial charge >= 0.3 is 0 Å². The van der Waals surface area contributed by atoms with Crippen LogP contribution in [0.2, 0.25) is 0 Å². The monoisotopic (exact) mass is 353 g/mol. The van der Waals surface area contributed by atoms with Gasteiger partial charge in [0.05, 0.1) is 6.42 Å². The molecule has 0 aliphatic carbocycles. The van der Waals surface area contributed by atoms with Crippen molar-refractivity contribution in [1.29, 1.82) is 0 Å². The van der Waals surface area contributed by atoms with E-state index in [1.165, 1.54) is 12.1 Å². The van der Waals surface area contributed by atoms with Gasteiger partial charge in [0.2, 0.25) is 11.9 Å². The van der Waals surface area contributed by atoms with E-state index in [9.17, 15) is 9.18 Å². The van der Waals surface area contributed by atoms with Gasteiger partial charge in [0.15, 0.2) is 5.82 Å². The van der Waals surface area contributed by atoms with Crippen molar-refractivity contribution in [2.24, 2.45) is 7.05 Å². The van der Waals surface area contributed by atoms with Crippen LogP contribution in [-0.2, 0) is 18.3 Å². The molecule has 0 unspecified atom stereocenters. The average Bonchev–Trinajstić information content (AvgIpc) is 2.91. The maximum Gasteiger partial charge on any atom is 0.231 e. The Bertz CT molecular complexity index is 682. The molecule has 6 nitrogen and oxygen atoms in total. The second kappa shape index (κ2) is 8.21. The summed E-state index contributed by atoms with van der Waals surface area (Å²) in [4.78, 5) is 16.6. The summed E-state index contributed by atoms with van der Waals surface area (Å²) >= 11 is 0. The number of halogens is 2. The normalized spacial score (nSPS) is 14.9. The molecule has 8 heteroatoms. The zero-order valence-corrected chi connectivity index (χ0v) is 14.3. The molecule has 0 saturated carbocycles. The van der Waals surface area contributed by atoms with E-state index >= 15 is 0 Å². The van der Waals surface area contributed by atoms with E-state index in [-0.39, 0.29) is 30.6 Å². The fraction of sp³-hybridized carbons (Fsp3) is 0.438. The maximum atomic E-state index is 12.9. The highest BCUT2D eigenvalue weighted by Crippen LogP contribution is 2.23. The number of carbonyl (C=O) groups is 1. The number of carbonyl (C=O) groups excluding carboxylic acids is 1. The van der Waals surface area contributed by atoms with Gasteiger partial charge in [-0.05, 0) is 43.6 Å². The summed E-state index contributed by atoms with van der Waals surface area (Å²) < 4.78 is 14.5. The number of nitrogens with one attached hydrogen (secondary N) is 2. The molecule has 0 bridgehead atoms. The Morgan fingerprint density at radius 3 is 2.67 bits per heavy atom. The van der Waals surface area contributed by atoms with Crippen LogP contribution >= 0.6 is 12.4 Å². The SMILES string of the molecule is Cl.Cn1nc(C2CCNCC2)nc1NC(=O)Cc1ccc(F)cc1. The Morgan fingerprint density at radius 1 is 1.33 bits per heavy atom. The van der Waals surface area contributed by atoms with Gasteiger partial charge in [-0.15, -0.1) is 12.4 Å². The van der Waals surface area contributed by atoms with E-state index < -0.39 is 0 Å². The number of aromatic nitrogens is 3. The highest BCUT2D eigenvalue weighted by molar-refractivity contribution is 5.90. The number of aryl methyl sites for hydroxylation is 1. The molecule has 1 aromatic carbocycles. The summed E-state index contributed by atoms with van der Waals surface area (Å²) in [5, 5.41) is 10.5. The van der Waals surface area contributed by atoms with E-state index in [4.69, 9.17) is 0 Å². The number of hydrogen-bond acceptors (Lipinski definition) is 4. The van der Waals surface area contributed by atoms with Crippen LogP contribution in [0.3, 0.4) is 0 Å². The number of benzene rings is 1. The third-order valence-corrected chi connectivity index (χ3v) is 4.01. The van der Waals surface area contributed by atoms with Gasteiger partial charge in [0.1, 0.15) is 5.82 Å². The molecule has 1 aliphatic heterocycles. The minimum atomic E-state index is -0.311. The van der Waals surface area contributed by atoms with E-state index in [0.717, 1.165) is 37.3 Å². The molecule has 1 aliphatic rings. The molecule has 0 spiro atoms. The molecule has 2 heterocycles. The van der Waals surface area contributed by atoms with Gasteiger partial charge < -0.3 is 5.32 Å². The number of anilines is 1. The molecular weight excluding hydrogens is 333 g/mol. The highest BCUT2D eigenvalue weighted by atomic mass is 35.5. The summed E-state index contributed by atoms with van der Waals surface area (Å²) in [7, 11) is 1.77. The number of nitrogens with zero attached hydrogens (tertiary/aromatic N) is 3. The van der Waals surface area contributed by atoms with Crippen molar-refractivity contribution in [3.8, 4) is 0 Å². The number of rotatable bonds is 4. The molecule has 130 valence electrons. The van der Waals surface area contributed by atoms with E-state index in [2.05, 4.69) is 20.7 Å². The Kier molecular flexibility index (Phi) is 6.28. The smallest absolute Gasteiger partial charge is 0.231 e. The third kappa shape index (κ3) is 4.52. The van der Waals surface area contributed by atoms with Crippen molar-refractivity contribution in [1.82, 2.24) is 20.1 Å². The standard InChI is InChI=1S/C16H20FN5O.ClH/c1-22-16(20-15(21-22)12-6-8-18-9-7-12)19-14(23)10-11-2-4-13(17)5-3-11;/h2-5,12,18H,6-10H2,1H3,(H,19,20,21,23);1H. The van der Waals surface area contributed by atoms with Crippen molar-refractivity contribution >= 4 is 24.3 Å². The number of hydrogen-bond donors (Lipinski definition) is 2.